The molecule has 1 fully saturated rings. The standard InChI is InChI=1S/C16H16N4O2/c17-9-12-5-3-7-20(12)15(21)10-18-16(22)14-8-11-4-1-2-6-13(11)19-14/h1-2,4,6,8,12,19H,3,5,7,10H2,(H,18,22)/t12-/m0/s1. The highest BCUT2D eigenvalue weighted by atomic mass is 16.2. The normalized spacial score (nSPS) is 17.4. The number of likely N-dealkylation sites (tertiary alicyclic amines) is 1. The molecule has 0 bridgehead atoms. The van der Waals surface area contributed by atoms with Gasteiger partial charge in [-0.05, 0) is 25.0 Å². The number of benzene rings is 1. The summed E-state index contributed by atoms with van der Waals surface area (Å²) in [6, 6.07) is 11.1. The third-order valence-electron chi connectivity index (χ3n) is 3.90. The molecular formula is C16H16N4O2. The lowest BCUT2D eigenvalue weighted by molar-refractivity contribution is -0.130. The lowest BCUT2D eigenvalue weighted by atomic mass is 10.2. The lowest BCUT2D eigenvalue weighted by Gasteiger charge is -2.19. The molecule has 2 aromatic rings. The van der Waals surface area contributed by atoms with Crippen molar-refractivity contribution < 1.29 is 9.59 Å². The molecular weight excluding hydrogens is 280 g/mol. The number of aromatic amines is 1. The number of hydrogen-bond donors (Lipinski definition) is 2. The molecule has 0 aliphatic carbocycles. The van der Waals surface area contributed by atoms with Crippen LogP contribution in [0.2, 0.25) is 0 Å². The van der Waals surface area contributed by atoms with Gasteiger partial charge >= 0.3 is 0 Å². The maximum absolute atomic E-state index is 12.1. The van der Waals surface area contributed by atoms with Crippen molar-refractivity contribution in [3.8, 4) is 6.07 Å². The topological polar surface area (TPSA) is 89.0 Å². The van der Waals surface area contributed by atoms with Gasteiger partial charge in [-0.1, -0.05) is 18.2 Å². The van der Waals surface area contributed by atoms with Crippen LogP contribution in [0.4, 0.5) is 0 Å². The van der Waals surface area contributed by atoms with Crippen molar-refractivity contribution in [1.82, 2.24) is 15.2 Å². The van der Waals surface area contributed by atoms with Gasteiger partial charge in [0, 0.05) is 17.4 Å². The Labute approximate surface area is 127 Å². The number of H-pyrrole nitrogens is 1. The first kappa shape index (κ1) is 14.1. The average Bonchev–Trinajstić information content (AvgIpc) is 3.17. The summed E-state index contributed by atoms with van der Waals surface area (Å²) < 4.78 is 0. The third kappa shape index (κ3) is 2.66. The first-order valence-corrected chi connectivity index (χ1v) is 7.24. The molecule has 6 heteroatoms. The fraction of sp³-hybridized carbons (Fsp3) is 0.312. The quantitative estimate of drug-likeness (QED) is 0.897. The Kier molecular flexibility index (Phi) is 3.79. The molecule has 0 radical (unpaired) electrons. The third-order valence-corrected chi connectivity index (χ3v) is 3.90. The van der Waals surface area contributed by atoms with E-state index in [1.165, 1.54) is 4.90 Å². The second-order valence-corrected chi connectivity index (χ2v) is 5.33. The summed E-state index contributed by atoms with van der Waals surface area (Å²) >= 11 is 0. The average molecular weight is 296 g/mol. The second kappa shape index (κ2) is 5.90. The Morgan fingerprint density at radius 2 is 2.23 bits per heavy atom. The lowest BCUT2D eigenvalue weighted by Crippen LogP contribution is -2.42. The van der Waals surface area contributed by atoms with Crippen molar-refractivity contribution in [1.29, 1.82) is 5.26 Å². The number of carbonyl (C=O) groups excluding carboxylic acids is 2. The number of amides is 2. The monoisotopic (exact) mass is 296 g/mol. The number of nitrogens with zero attached hydrogens (tertiary/aromatic N) is 2. The Morgan fingerprint density at radius 1 is 1.41 bits per heavy atom. The van der Waals surface area contributed by atoms with Gasteiger partial charge in [0.25, 0.3) is 5.91 Å². The van der Waals surface area contributed by atoms with Crippen LogP contribution in [-0.4, -0.2) is 40.8 Å². The predicted molar refractivity (Wildman–Crippen MR) is 81.0 cm³/mol. The molecule has 2 amide bonds. The highest BCUT2D eigenvalue weighted by molar-refractivity contribution is 5.99. The van der Waals surface area contributed by atoms with Crippen LogP contribution in [0.3, 0.4) is 0 Å². The van der Waals surface area contributed by atoms with Gasteiger partial charge in [-0.15, -0.1) is 0 Å². The van der Waals surface area contributed by atoms with E-state index in [-0.39, 0.29) is 24.4 Å². The van der Waals surface area contributed by atoms with Crippen LogP contribution in [0.5, 0.6) is 0 Å². The van der Waals surface area contributed by atoms with Gasteiger partial charge in [0.1, 0.15) is 11.7 Å². The molecule has 1 aliphatic rings. The molecule has 6 nitrogen and oxygen atoms in total. The van der Waals surface area contributed by atoms with Gasteiger partial charge in [0.05, 0.1) is 12.6 Å². The van der Waals surface area contributed by atoms with Gasteiger partial charge in [-0.3, -0.25) is 9.59 Å². The van der Waals surface area contributed by atoms with Crippen molar-refractivity contribution in [3.63, 3.8) is 0 Å². The number of aromatic nitrogens is 1. The van der Waals surface area contributed by atoms with E-state index in [1.807, 2.05) is 24.3 Å². The van der Waals surface area contributed by atoms with Gasteiger partial charge < -0.3 is 15.2 Å². The Bertz CT molecular complexity index is 726. The van der Waals surface area contributed by atoms with E-state index in [0.29, 0.717) is 18.7 Å². The van der Waals surface area contributed by atoms with Crippen molar-refractivity contribution in [2.24, 2.45) is 0 Å². The van der Waals surface area contributed by atoms with Gasteiger partial charge in [-0.2, -0.15) is 5.26 Å². The summed E-state index contributed by atoms with van der Waals surface area (Å²) in [7, 11) is 0. The van der Waals surface area contributed by atoms with Crippen molar-refractivity contribution in [3.05, 3.63) is 36.0 Å². The number of para-hydroxylation sites is 1. The minimum Gasteiger partial charge on any atom is -0.351 e. The minimum atomic E-state index is -0.363. The van der Waals surface area contributed by atoms with Gasteiger partial charge in [0.15, 0.2) is 0 Å². The number of rotatable bonds is 3. The molecule has 1 aromatic carbocycles. The van der Waals surface area contributed by atoms with E-state index in [4.69, 9.17) is 5.26 Å². The summed E-state index contributed by atoms with van der Waals surface area (Å²) in [4.78, 5) is 28.7. The minimum absolute atomic E-state index is 0.0909. The molecule has 0 saturated carbocycles. The van der Waals surface area contributed by atoms with Crippen LogP contribution >= 0.6 is 0 Å². The molecule has 1 atom stereocenters. The summed E-state index contributed by atoms with van der Waals surface area (Å²) in [5, 5.41) is 12.5. The van der Waals surface area contributed by atoms with Crippen LogP contribution in [0, 0.1) is 11.3 Å². The highest BCUT2D eigenvalue weighted by Crippen LogP contribution is 2.16. The first-order chi connectivity index (χ1) is 10.7. The van der Waals surface area contributed by atoms with Crippen LogP contribution < -0.4 is 5.32 Å². The molecule has 1 aliphatic heterocycles. The zero-order valence-electron chi connectivity index (χ0n) is 12.0. The van der Waals surface area contributed by atoms with Crippen molar-refractivity contribution in [2.45, 2.75) is 18.9 Å². The maximum Gasteiger partial charge on any atom is 0.268 e. The summed E-state index contributed by atoms with van der Waals surface area (Å²) in [6.07, 6.45) is 1.54. The zero-order valence-corrected chi connectivity index (χ0v) is 12.0. The highest BCUT2D eigenvalue weighted by Gasteiger charge is 2.28. The number of carbonyl (C=O) groups is 2. The summed E-state index contributed by atoms with van der Waals surface area (Å²) in [6.45, 7) is 0.492. The van der Waals surface area contributed by atoms with Crippen LogP contribution in [0.1, 0.15) is 23.3 Å². The largest absolute Gasteiger partial charge is 0.351 e. The van der Waals surface area contributed by atoms with E-state index in [2.05, 4.69) is 16.4 Å². The molecule has 3 rings (SSSR count). The van der Waals surface area contributed by atoms with Crippen LogP contribution in [0.25, 0.3) is 10.9 Å². The van der Waals surface area contributed by atoms with Crippen LogP contribution in [0.15, 0.2) is 30.3 Å². The van der Waals surface area contributed by atoms with Gasteiger partial charge in [0.2, 0.25) is 5.91 Å². The Hall–Kier alpha value is -2.81. The molecule has 1 saturated heterocycles. The smallest absolute Gasteiger partial charge is 0.268 e. The molecule has 1 aromatic heterocycles. The molecule has 112 valence electrons. The SMILES string of the molecule is N#C[C@@H]1CCCN1C(=O)CNC(=O)c1cc2ccccc2[nH]1. The molecule has 2 N–H and O–H groups in total. The fourth-order valence-electron chi connectivity index (χ4n) is 2.75. The fourth-order valence-corrected chi connectivity index (χ4v) is 2.75. The summed E-state index contributed by atoms with van der Waals surface area (Å²) in [5.74, 6) is -0.536. The Morgan fingerprint density at radius 3 is 3.00 bits per heavy atom. The molecule has 22 heavy (non-hydrogen) atoms. The first-order valence-electron chi connectivity index (χ1n) is 7.24. The van der Waals surface area contributed by atoms with E-state index in [1.54, 1.807) is 6.07 Å². The zero-order chi connectivity index (χ0) is 15.5. The van der Waals surface area contributed by atoms with E-state index >= 15 is 0 Å². The van der Waals surface area contributed by atoms with E-state index in [9.17, 15) is 9.59 Å². The van der Waals surface area contributed by atoms with Crippen molar-refractivity contribution in [2.75, 3.05) is 13.1 Å². The van der Waals surface area contributed by atoms with E-state index < -0.39 is 0 Å². The number of nitriles is 1. The number of nitrogens with one attached hydrogen (secondary N) is 2. The number of fused-ring (bicyclic) bond motifs is 1. The number of hydrogen-bond acceptors (Lipinski definition) is 3. The predicted octanol–water partition coefficient (Wildman–Crippen LogP) is 1.41. The maximum atomic E-state index is 12.1. The van der Waals surface area contributed by atoms with Crippen molar-refractivity contribution >= 4 is 22.7 Å². The summed E-state index contributed by atoms with van der Waals surface area (Å²) in [5.41, 5.74) is 1.30. The molecule has 0 unspecified atom stereocenters. The Balaban J connectivity index is 1.62. The molecule has 2 heterocycles. The van der Waals surface area contributed by atoms with Crippen LogP contribution in [-0.2, 0) is 4.79 Å². The molecule has 0 spiro atoms. The second-order valence-electron chi connectivity index (χ2n) is 5.33. The van der Waals surface area contributed by atoms with E-state index in [0.717, 1.165) is 17.3 Å². The van der Waals surface area contributed by atoms with Gasteiger partial charge in [-0.25, -0.2) is 0 Å².